The molecule has 0 fully saturated rings. The molecular formula is C23H22FN2O3+. The third kappa shape index (κ3) is 5.65. The van der Waals surface area contributed by atoms with Gasteiger partial charge in [0.15, 0.2) is 30.4 Å². The van der Waals surface area contributed by atoms with Crippen LogP contribution in [0.3, 0.4) is 0 Å². The molecular weight excluding hydrogens is 371 g/mol. The summed E-state index contributed by atoms with van der Waals surface area (Å²) < 4.78 is 25.6. The number of amides is 1. The van der Waals surface area contributed by atoms with Crippen molar-refractivity contribution in [3.63, 3.8) is 0 Å². The Labute approximate surface area is 169 Å². The number of benzene rings is 2. The lowest BCUT2D eigenvalue weighted by Gasteiger charge is -2.07. The van der Waals surface area contributed by atoms with Crippen molar-refractivity contribution in [3.8, 4) is 11.5 Å². The Hall–Kier alpha value is -3.67. The van der Waals surface area contributed by atoms with E-state index in [2.05, 4.69) is 5.32 Å². The van der Waals surface area contributed by atoms with E-state index < -0.39 is 0 Å². The molecule has 5 nitrogen and oxygen atoms in total. The molecule has 0 unspecified atom stereocenters. The minimum Gasteiger partial charge on any atom is -0.493 e. The highest BCUT2D eigenvalue weighted by molar-refractivity contribution is 6.01. The maximum atomic E-state index is 13.3. The summed E-state index contributed by atoms with van der Waals surface area (Å²) in [6.45, 7) is 0.547. The highest BCUT2D eigenvalue weighted by Gasteiger charge is 2.06. The van der Waals surface area contributed by atoms with Crippen LogP contribution in [0.25, 0.3) is 6.08 Å². The van der Waals surface area contributed by atoms with Crippen LogP contribution < -0.4 is 19.4 Å². The number of carbonyl (C=O) groups is 1. The van der Waals surface area contributed by atoms with Crippen molar-refractivity contribution >= 4 is 17.7 Å². The average molecular weight is 393 g/mol. The summed E-state index contributed by atoms with van der Waals surface area (Å²) in [6, 6.07) is 15.5. The third-order valence-electron chi connectivity index (χ3n) is 4.25. The van der Waals surface area contributed by atoms with Gasteiger partial charge in [0.25, 0.3) is 0 Å². The molecule has 1 N–H and O–H groups in total. The van der Waals surface area contributed by atoms with Crippen LogP contribution in [0.1, 0.15) is 11.1 Å². The highest BCUT2D eigenvalue weighted by atomic mass is 19.1. The number of hydrogen-bond donors (Lipinski definition) is 1. The van der Waals surface area contributed by atoms with Crippen LogP contribution in [-0.2, 0) is 11.3 Å². The van der Waals surface area contributed by atoms with Crippen molar-refractivity contribution in [2.75, 3.05) is 19.5 Å². The predicted octanol–water partition coefficient (Wildman–Crippen LogP) is 3.83. The molecule has 148 valence electrons. The fourth-order valence-electron chi connectivity index (χ4n) is 2.80. The zero-order valence-electron chi connectivity index (χ0n) is 16.3. The number of nitrogens with one attached hydrogen (secondary N) is 1. The smallest absolute Gasteiger partial charge is 0.248 e. The predicted molar refractivity (Wildman–Crippen MR) is 109 cm³/mol. The van der Waals surface area contributed by atoms with E-state index >= 15 is 0 Å². The zero-order valence-corrected chi connectivity index (χ0v) is 16.3. The van der Waals surface area contributed by atoms with Crippen molar-refractivity contribution in [2.45, 2.75) is 6.54 Å². The Morgan fingerprint density at radius 3 is 2.48 bits per heavy atom. The number of halogens is 1. The van der Waals surface area contributed by atoms with Gasteiger partial charge < -0.3 is 14.8 Å². The van der Waals surface area contributed by atoms with E-state index in [1.165, 1.54) is 18.2 Å². The normalized spacial score (nSPS) is 10.7. The van der Waals surface area contributed by atoms with E-state index in [1.54, 1.807) is 50.6 Å². The number of hydrogen-bond acceptors (Lipinski definition) is 3. The van der Waals surface area contributed by atoms with Crippen molar-refractivity contribution in [2.24, 2.45) is 0 Å². The van der Waals surface area contributed by atoms with Gasteiger partial charge in [0.1, 0.15) is 5.82 Å². The standard InChI is InChI=1S/C23H21FN2O3/c1-28-21-8-6-17(15-22(21)29-2)7-9-23(27)25-20-10-12-26(13-11-20)16-18-4-3-5-19(24)14-18/h3-15H,16H2,1-2H3/p+1. The van der Waals surface area contributed by atoms with E-state index in [9.17, 15) is 9.18 Å². The molecule has 2 aromatic carbocycles. The Kier molecular flexibility index (Phi) is 6.58. The molecule has 29 heavy (non-hydrogen) atoms. The van der Waals surface area contributed by atoms with Crippen LogP contribution in [0.4, 0.5) is 10.1 Å². The number of aromatic nitrogens is 1. The molecule has 6 heteroatoms. The van der Waals surface area contributed by atoms with Gasteiger partial charge in [0.2, 0.25) is 5.91 Å². The van der Waals surface area contributed by atoms with E-state index in [0.29, 0.717) is 23.7 Å². The van der Waals surface area contributed by atoms with Crippen molar-refractivity contribution in [3.05, 3.63) is 90.0 Å². The maximum absolute atomic E-state index is 13.3. The molecule has 0 atom stereocenters. The van der Waals surface area contributed by atoms with Crippen LogP contribution in [-0.4, -0.2) is 20.1 Å². The Balaban J connectivity index is 1.60. The van der Waals surface area contributed by atoms with Crippen molar-refractivity contribution in [1.82, 2.24) is 0 Å². The van der Waals surface area contributed by atoms with Crippen LogP contribution in [0.15, 0.2) is 73.1 Å². The molecule has 1 heterocycles. The molecule has 0 radical (unpaired) electrons. The number of pyridine rings is 1. The largest absolute Gasteiger partial charge is 0.493 e. The fraction of sp³-hybridized carbons (Fsp3) is 0.130. The molecule has 0 spiro atoms. The van der Waals surface area contributed by atoms with Gasteiger partial charge in [0.05, 0.1) is 19.9 Å². The summed E-state index contributed by atoms with van der Waals surface area (Å²) in [7, 11) is 3.14. The minimum absolute atomic E-state index is 0.248. The third-order valence-corrected chi connectivity index (χ3v) is 4.25. The second-order valence-corrected chi connectivity index (χ2v) is 6.33. The zero-order chi connectivity index (χ0) is 20.6. The molecule has 0 aliphatic rings. The van der Waals surface area contributed by atoms with Gasteiger partial charge >= 0.3 is 0 Å². The van der Waals surface area contributed by atoms with Crippen LogP contribution >= 0.6 is 0 Å². The lowest BCUT2D eigenvalue weighted by molar-refractivity contribution is -0.688. The highest BCUT2D eigenvalue weighted by Crippen LogP contribution is 2.27. The monoisotopic (exact) mass is 393 g/mol. The number of rotatable bonds is 7. The molecule has 0 saturated carbocycles. The molecule has 0 bridgehead atoms. The number of carbonyl (C=O) groups excluding carboxylic acids is 1. The van der Waals surface area contributed by atoms with E-state index in [4.69, 9.17) is 9.47 Å². The van der Waals surface area contributed by atoms with Gasteiger partial charge in [-0.05, 0) is 35.9 Å². The molecule has 3 rings (SSSR count). The summed E-state index contributed by atoms with van der Waals surface area (Å²) in [5.74, 6) is 0.724. The van der Waals surface area contributed by atoms with Crippen LogP contribution in [0.2, 0.25) is 0 Å². The maximum Gasteiger partial charge on any atom is 0.248 e. The van der Waals surface area contributed by atoms with Gasteiger partial charge in [0, 0.05) is 23.8 Å². The number of anilines is 1. The van der Waals surface area contributed by atoms with Crippen LogP contribution in [0.5, 0.6) is 11.5 Å². The first-order chi connectivity index (χ1) is 14.1. The van der Waals surface area contributed by atoms with Gasteiger partial charge in [-0.3, -0.25) is 4.79 Å². The molecule has 0 saturated heterocycles. The Morgan fingerprint density at radius 1 is 1.03 bits per heavy atom. The summed E-state index contributed by atoms with van der Waals surface area (Å²) in [4.78, 5) is 12.2. The summed E-state index contributed by atoms with van der Waals surface area (Å²) >= 11 is 0. The number of methoxy groups -OCH3 is 2. The Morgan fingerprint density at radius 2 is 1.79 bits per heavy atom. The van der Waals surface area contributed by atoms with Gasteiger partial charge in [-0.1, -0.05) is 18.2 Å². The summed E-state index contributed by atoms with van der Waals surface area (Å²) in [5.41, 5.74) is 2.35. The van der Waals surface area contributed by atoms with Crippen LogP contribution in [0, 0.1) is 5.82 Å². The van der Waals surface area contributed by atoms with Gasteiger partial charge in [-0.15, -0.1) is 0 Å². The van der Waals surface area contributed by atoms with Crippen molar-refractivity contribution < 1.29 is 23.2 Å². The first kappa shape index (κ1) is 20.1. The average Bonchev–Trinajstić information content (AvgIpc) is 2.73. The SMILES string of the molecule is COc1ccc(C=CC(=O)Nc2cc[n+](Cc3cccc(F)c3)cc2)cc1OC. The second kappa shape index (κ2) is 9.50. The lowest BCUT2D eigenvalue weighted by atomic mass is 10.2. The van der Waals surface area contributed by atoms with E-state index in [1.807, 2.05) is 29.1 Å². The van der Waals surface area contributed by atoms with E-state index in [0.717, 1.165) is 11.1 Å². The lowest BCUT2D eigenvalue weighted by Crippen LogP contribution is -2.33. The topological polar surface area (TPSA) is 51.4 Å². The van der Waals surface area contributed by atoms with Crippen molar-refractivity contribution in [1.29, 1.82) is 0 Å². The number of nitrogens with zero attached hydrogens (tertiary/aromatic N) is 1. The minimum atomic E-state index is -0.256. The summed E-state index contributed by atoms with van der Waals surface area (Å²) in [6.07, 6.45) is 6.82. The summed E-state index contributed by atoms with van der Waals surface area (Å²) in [5, 5.41) is 2.81. The fourth-order valence-corrected chi connectivity index (χ4v) is 2.80. The second-order valence-electron chi connectivity index (χ2n) is 6.33. The molecule has 1 aromatic heterocycles. The first-order valence-electron chi connectivity index (χ1n) is 9.02. The molecule has 3 aromatic rings. The van der Waals surface area contributed by atoms with E-state index in [-0.39, 0.29) is 11.7 Å². The molecule has 1 amide bonds. The van der Waals surface area contributed by atoms with Gasteiger partial charge in [-0.2, -0.15) is 0 Å². The molecule has 0 aliphatic heterocycles. The number of ether oxygens (including phenoxy) is 2. The van der Waals surface area contributed by atoms with Gasteiger partial charge in [-0.25, -0.2) is 8.96 Å². The molecule has 0 aliphatic carbocycles. The first-order valence-corrected chi connectivity index (χ1v) is 9.02. The quantitative estimate of drug-likeness (QED) is 0.490. The Bertz CT molecular complexity index is 1020.